The summed E-state index contributed by atoms with van der Waals surface area (Å²) in [4.78, 5) is 26.7. The summed E-state index contributed by atoms with van der Waals surface area (Å²) in [5, 5.41) is 0. The standard InChI is InChI=1S/C22H26N4.C8H16.3C2H6.2CH2O/c1-6-16(14-24-3)20-11-12-21(25-22(20)23)19-10-8-9-18(13-19)17(7-2)15-26(4)5;1-7-3-5-8(2)6-4-7;5*1-2/h6-15H,2H2,1,3-5H3,(H2,23,25);7-8H,3-6H2,1-2H3;3*1-2H3;2*1H2/b16-6+,17-15+,24-14?;;;;;;. The average Bonchev–Trinajstić information content (AvgIpc) is 3.09. The summed E-state index contributed by atoms with van der Waals surface area (Å²) >= 11 is 0. The van der Waals surface area contributed by atoms with Crippen LogP contribution < -0.4 is 5.73 Å². The lowest BCUT2D eigenvalue weighted by molar-refractivity contribution is -0.0987. The van der Waals surface area contributed by atoms with Crippen molar-refractivity contribution in [3.63, 3.8) is 0 Å². The first kappa shape index (κ1) is 47.1. The minimum Gasteiger partial charge on any atom is -0.383 e. The summed E-state index contributed by atoms with van der Waals surface area (Å²) in [6, 6.07) is 12.2. The van der Waals surface area contributed by atoms with Gasteiger partial charge in [-0.15, -0.1) is 0 Å². The Hall–Kier alpha value is -3.80. The van der Waals surface area contributed by atoms with E-state index in [4.69, 9.17) is 15.3 Å². The Morgan fingerprint density at radius 2 is 1.39 bits per heavy atom. The van der Waals surface area contributed by atoms with Gasteiger partial charge in [0, 0.05) is 44.7 Å². The van der Waals surface area contributed by atoms with E-state index >= 15 is 0 Å². The van der Waals surface area contributed by atoms with Crippen LogP contribution in [0.1, 0.15) is 99.1 Å². The van der Waals surface area contributed by atoms with E-state index in [1.807, 2.05) is 124 Å². The van der Waals surface area contributed by atoms with Crippen LogP contribution in [0, 0.1) is 11.8 Å². The Bertz CT molecular complexity index is 1050. The largest absolute Gasteiger partial charge is 0.383 e. The molecule has 1 fully saturated rings. The molecule has 1 aromatic carbocycles. The molecule has 0 saturated heterocycles. The molecule has 1 aliphatic rings. The molecule has 1 aliphatic carbocycles. The van der Waals surface area contributed by atoms with E-state index in [0.717, 1.165) is 45.4 Å². The first-order valence-corrected chi connectivity index (χ1v) is 15.8. The third kappa shape index (κ3) is 19.4. The van der Waals surface area contributed by atoms with Crippen molar-refractivity contribution < 1.29 is 9.59 Å². The molecule has 2 N–H and O–H groups in total. The summed E-state index contributed by atoms with van der Waals surface area (Å²) in [6.07, 6.45) is 13.6. The molecule has 1 aromatic heterocycles. The maximum absolute atomic E-state index is 8.00. The highest BCUT2D eigenvalue weighted by molar-refractivity contribution is 6.11. The number of aliphatic imine (C=N–C) groups is 1. The number of hydrogen-bond donors (Lipinski definition) is 1. The molecule has 44 heavy (non-hydrogen) atoms. The zero-order chi connectivity index (χ0) is 35.1. The molecule has 0 spiro atoms. The maximum atomic E-state index is 8.00. The second kappa shape index (κ2) is 32.1. The smallest absolute Gasteiger partial charge is 0.132 e. The van der Waals surface area contributed by atoms with E-state index in [0.29, 0.717) is 5.82 Å². The highest BCUT2D eigenvalue weighted by atomic mass is 16.1. The second-order valence-corrected chi connectivity index (χ2v) is 9.46. The monoisotopic (exact) mass is 609 g/mol. The van der Waals surface area contributed by atoms with Crippen molar-refractivity contribution in [3.05, 3.63) is 72.5 Å². The minimum atomic E-state index is 0.494. The number of rotatable bonds is 6. The fourth-order valence-electron chi connectivity index (χ4n) is 4.13. The van der Waals surface area contributed by atoms with Crippen LogP contribution >= 0.6 is 0 Å². The molecule has 6 heteroatoms. The Morgan fingerprint density at radius 1 is 0.886 bits per heavy atom. The number of carbonyl (C=O) groups is 2. The number of anilines is 1. The molecule has 248 valence electrons. The van der Waals surface area contributed by atoms with Crippen LogP contribution in [0.2, 0.25) is 0 Å². The van der Waals surface area contributed by atoms with Gasteiger partial charge in [0.2, 0.25) is 0 Å². The van der Waals surface area contributed by atoms with Gasteiger partial charge in [0.1, 0.15) is 19.4 Å². The van der Waals surface area contributed by atoms with Gasteiger partial charge in [-0.1, -0.05) is 118 Å². The van der Waals surface area contributed by atoms with Crippen molar-refractivity contribution in [2.45, 2.75) is 88.0 Å². The number of nitrogen functional groups attached to an aromatic ring is 1. The van der Waals surface area contributed by atoms with Crippen molar-refractivity contribution in [3.8, 4) is 11.3 Å². The van der Waals surface area contributed by atoms with E-state index in [2.05, 4.69) is 42.5 Å². The Morgan fingerprint density at radius 3 is 1.77 bits per heavy atom. The molecule has 6 nitrogen and oxygen atoms in total. The molecule has 0 amide bonds. The van der Waals surface area contributed by atoms with Crippen molar-refractivity contribution in [1.29, 1.82) is 0 Å². The lowest BCUT2D eigenvalue weighted by Gasteiger charge is -2.22. The number of benzene rings is 1. The zero-order valence-corrected chi connectivity index (χ0v) is 30.1. The van der Waals surface area contributed by atoms with Crippen LogP contribution in [-0.4, -0.2) is 50.8 Å². The molecular formula is C38H64N4O2. The molecular weight excluding hydrogens is 544 g/mol. The van der Waals surface area contributed by atoms with Crippen LogP contribution in [0.15, 0.2) is 66.3 Å². The lowest BCUT2D eigenvalue weighted by atomic mass is 9.84. The van der Waals surface area contributed by atoms with Gasteiger partial charge < -0.3 is 20.2 Å². The highest BCUT2D eigenvalue weighted by Gasteiger charge is 2.13. The van der Waals surface area contributed by atoms with Gasteiger partial charge >= 0.3 is 0 Å². The van der Waals surface area contributed by atoms with Crippen LogP contribution in [-0.2, 0) is 9.59 Å². The lowest BCUT2D eigenvalue weighted by Crippen LogP contribution is -2.08. The van der Waals surface area contributed by atoms with Gasteiger partial charge in [0.05, 0.1) is 5.69 Å². The van der Waals surface area contributed by atoms with Crippen molar-refractivity contribution in [2.24, 2.45) is 16.8 Å². The second-order valence-electron chi connectivity index (χ2n) is 9.46. The van der Waals surface area contributed by atoms with Crippen LogP contribution in [0.3, 0.4) is 0 Å². The molecule has 1 heterocycles. The molecule has 2 aromatic rings. The number of allylic oxidation sites excluding steroid dienone is 4. The topological polar surface area (TPSA) is 88.7 Å². The van der Waals surface area contributed by atoms with Gasteiger partial charge in [-0.05, 0) is 53.7 Å². The predicted molar refractivity (Wildman–Crippen MR) is 199 cm³/mol. The summed E-state index contributed by atoms with van der Waals surface area (Å²) in [6.45, 7) is 26.6. The van der Waals surface area contributed by atoms with Gasteiger partial charge in [0.25, 0.3) is 0 Å². The van der Waals surface area contributed by atoms with Gasteiger partial charge in [0.15, 0.2) is 0 Å². The Labute approximate surface area is 271 Å². The quantitative estimate of drug-likeness (QED) is 0.260. The van der Waals surface area contributed by atoms with Crippen LogP contribution in [0.4, 0.5) is 5.82 Å². The average molecular weight is 609 g/mol. The highest BCUT2D eigenvalue weighted by Crippen LogP contribution is 2.28. The summed E-state index contributed by atoms with van der Waals surface area (Å²) in [5.74, 6) is 2.53. The molecule has 0 unspecified atom stereocenters. The number of carbonyl (C=O) groups excluding carboxylic acids is 2. The third-order valence-electron chi connectivity index (χ3n) is 6.23. The van der Waals surface area contributed by atoms with E-state index in [1.165, 1.54) is 25.7 Å². The molecule has 0 aliphatic heterocycles. The van der Waals surface area contributed by atoms with Gasteiger partial charge in [-0.3, -0.25) is 4.99 Å². The van der Waals surface area contributed by atoms with E-state index < -0.39 is 0 Å². The molecule has 3 rings (SSSR count). The summed E-state index contributed by atoms with van der Waals surface area (Å²) in [7, 11) is 5.73. The number of pyridine rings is 1. The number of aromatic nitrogens is 1. The van der Waals surface area contributed by atoms with E-state index in [-0.39, 0.29) is 0 Å². The number of nitrogens with two attached hydrogens (primary N) is 1. The third-order valence-corrected chi connectivity index (χ3v) is 6.23. The van der Waals surface area contributed by atoms with Gasteiger partial charge in [-0.2, -0.15) is 0 Å². The van der Waals surface area contributed by atoms with Crippen LogP contribution in [0.5, 0.6) is 0 Å². The zero-order valence-electron chi connectivity index (χ0n) is 30.1. The molecule has 1 saturated carbocycles. The molecule has 0 atom stereocenters. The van der Waals surface area contributed by atoms with Crippen LogP contribution in [0.25, 0.3) is 22.4 Å². The van der Waals surface area contributed by atoms with E-state index in [1.54, 1.807) is 13.3 Å². The Kier molecular flexibility index (Phi) is 34.4. The van der Waals surface area contributed by atoms with E-state index in [9.17, 15) is 0 Å². The molecule has 0 bridgehead atoms. The fraction of sp³-hybridized carbons (Fsp3) is 0.474. The number of nitrogens with zero attached hydrogens (tertiary/aromatic N) is 3. The normalized spacial score (nSPS) is 15.2. The summed E-state index contributed by atoms with van der Waals surface area (Å²) in [5.41, 5.74) is 12.0. The fourth-order valence-corrected chi connectivity index (χ4v) is 4.13. The first-order valence-electron chi connectivity index (χ1n) is 15.8. The van der Waals surface area contributed by atoms with Crippen molar-refractivity contribution in [2.75, 3.05) is 26.9 Å². The number of hydrogen-bond acceptors (Lipinski definition) is 6. The Balaban J connectivity index is -0.000000368. The predicted octanol–water partition coefficient (Wildman–Crippen LogP) is 10.1. The SMILES string of the molecule is C=C/C(=C\N(C)C)c1cccc(-c2ccc(/C(C=NC)=C/C)c(N)n2)c1.C=O.C=O.CC.CC.CC.CC1CCC(C)CC1. The van der Waals surface area contributed by atoms with Crippen molar-refractivity contribution in [1.82, 2.24) is 9.88 Å². The molecule has 0 radical (unpaired) electrons. The maximum Gasteiger partial charge on any atom is 0.132 e. The summed E-state index contributed by atoms with van der Waals surface area (Å²) < 4.78 is 0. The minimum absolute atomic E-state index is 0.494. The van der Waals surface area contributed by atoms with Gasteiger partial charge in [-0.25, -0.2) is 4.98 Å². The van der Waals surface area contributed by atoms with Crippen molar-refractivity contribution >= 4 is 36.8 Å². The first-order chi connectivity index (χ1) is 21.3.